The van der Waals surface area contributed by atoms with E-state index in [1.165, 1.54) is 30.3 Å². The number of furan rings is 1. The molecule has 0 atom stereocenters. The normalized spacial score (nSPS) is 11.5. The molecule has 0 spiro atoms. The van der Waals surface area contributed by atoms with E-state index in [9.17, 15) is 18.0 Å². The fourth-order valence-corrected chi connectivity index (χ4v) is 2.97. The van der Waals surface area contributed by atoms with Crippen molar-refractivity contribution in [1.82, 2.24) is 0 Å². The molecule has 9 heteroatoms. The number of benzene rings is 2. The highest BCUT2D eigenvalue weighted by atomic mass is 35.5. The largest absolute Gasteiger partial charge is 0.451 e. The van der Waals surface area contributed by atoms with Gasteiger partial charge in [0, 0.05) is 10.6 Å². The zero-order chi connectivity index (χ0) is 19.8. The van der Waals surface area contributed by atoms with E-state index in [0.29, 0.717) is 10.7 Å². The molecule has 0 aliphatic heterocycles. The van der Waals surface area contributed by atoms with Crippen LogP contribution in [0.25, 0.3) is 11.3 Å². The molecule has 0 unspecified atom stereocenters. The monoisotopic (exact) mass is 433 g/mol. The second kappa shape index (κ2) is 7.46. The van der Waals surface area contributed by atoms with Crippen LogP contribution in [0.2, 0.25) is 15.1 Å². The van der Waals surface area contributed by atoms with Crippen LogP contribution in [0, 0.1) is 0 Å². The maximum atomic E-state index is 13.0. The smallest absolute Gasteiger partial charge is 0.417 e. The van der Waals surface area contributed by atoms with Crippen LogP contribution < -0.4 is 5.32 Å². The molecule has 1 heterocycles. The van der Waals surface area contributed by atoms with Crippen molar-refractivity contribution in [1.29, 1.82) is 0 Å². The van der Waals surface area contributed by atoms with Crippen LogP contribution in [0.4, 0.5) is 18.9 Å². The van der Waals surface area contributed by atoms with Gasteiger partial charge in [-0.1, -0.05) is 34.8 Å². The lowest BCUT2D eigenvalue weighted by atomic mass is 10.1. The molecule has 3 aromatic rings. The SMILES string of the molecule is O=C(Nc1ccc(Cl)cc1Cl)c1ccc(-c2ccc(Cl)c(C(F)(F)F)c2)o1. The Bertz CT molecular complexity index is 1020. The average Bonchev–Trinajstić information content (AvgIpc) is 3.07. The molecule has 1 aromatic heterocycles. The van der Waals surface area contributed by atoms with Crippen molar-refractivity contribution in [3.63, 3.8) is 0 Å². The Morgan fingerprint density at radius 1 is 0.926 bits per heavy atom. The lowest BCUT2D eigenvalue weighted by Crippen LogP contribution is -2.11. The molecule has 27 heavy (non-hydrogen) atoms. The molecule has 0 saturated heterocycles. The summed E-state index contributed by atoms with van der Waals surface area (Å²) < 4.78 is 44.3. The molecular formula is C18H9Cl3F3NO2. The maximum Gasteiger partial charge on any atom is 0.417 e. The second-order valence-corrected chi connectivity index (χ2v) is 6.69. The number of amides is 1. The fraction of sp³-hybridized carbons (Fsp3) is 0.0556. The summed E-state index contributed by atoms with van der Waals surface area (Å²) in [6, 6.07) is 10.6. The van der Waals surface area contributed by atoms with Crippen LogP contribution in [0.3, 0.4) is 0 Å². The predicted octanol–water partition coefficient (Wildman–Crippen LogP) is 7.18. The Hall–Kier alpha value is -2.15. The van der Waals surface area contributed by atoms with E-state index in [1.54, 1.807) is 6.07 Å². The molecule has 0 fully saturated rings. The van der Waals surface area contributed by atoms with Gasteiger partial charge >= 0.3 is 6.18 Å². The van der Waals surface area contributed by atoms with Gasteiger partial charge in [0.15, 0.2) is 5.76 Å². The van der Waals surface area contributed by atoms with E-state index in [4.69, 9.17) is 39.2 Å². The first-order valence-electron chi connectivity index (χ1n) is 7.38. The van der Waals surface area contributed by atoms with E-state index < -0.39 is 22.7 Å². The van der Waals surface area contributed by atoms with Crippen LogP contribution in [0.1, 0.15) is 16.1 Å². The van der Waals surface area contributed by atoms with Crippen molar-refractivity contribution in [2.24, 2.45) is 0 Å². The molecule has 1 amide bonds. The van der Waals surface area contributed by atoms with Crippen LogP contribution in [0.5, 0.6) is 0 Å². The van der Waals surface area contributed by atoms with Crippen LogP contribution in [0.15, 0.2) is 52.9 Å². The summed E-state index contributed by atoms with van der Waals surface area (Å²) in [5, 5.41) is 2.75. The summed E-state index contributed by atoms with van der Waals surface area (Å²) in [6.07, 6.45) is -4.61. The molecule has 0 saturated carbocycles. The van der Waals surface area contributed by atoms with Crippen molar-refractivity contribution in [3.05, 3.63) is 74.9 Å². The number of nitrogens with one attached hydrogen (secondary N) is 1. The summed E-state index contributed by atoms with van der Waals surface area (Å²) in [5.74, 6) is -0.625. The van der Waals surface area contributed by atoms with Crippen molar-refractivity contribution >= 4 is 46.4 Å². The van der Waals surface area contributed by atoms with E-state index in [0.717, 1.165) is 12.1 Å². The fourth-order valence-electron chi connectivity index (χ4n) is 2.29. The first-order chi connectivity index (χ1) is 12.6. The first-order valence-corrected chi connectivity index (χ1v) is 8.52. The Morgan fingerprint density at radius 2 is 1.67 bits per heavy atom. The van der Waals surface area contributed by atoms with Crippen molar-refractivity contribution in [2.45, 2.75) is 6.18 Å². The van der Waals surface area contributed by atoms with Gasteiger partial charge in [-0.15, -0.1) is 0 Å². The average molecular weight is 435 g/mol. The minimum absolute atomic E-state index is 0.0875. The molecule has 0 bridgehead atoms. The van der Waals surface area contributed by atoms with Gasteiger partial charge in [0.05, 0.1) is 21.3 Å². The molecule has 2 aromatic carbocycles. The highest BCUT2D eigenvalue weighted by molar-refractivity contribution is 6.36. The lowest BCUT2D eigenvalue weighted by molar-refractivity contribution is -0.137. The van der Waals surface area contributed by atoms with Crippen molar-refractivity contribution in [3.8, 4) is 11.3 Å². The molecule has 0 radical (unpaired) electrons. The number of carbonyl (C=O) groups excluding carboxylic acids is 1. The van der Waals surface area contributed by atoms with Crippen LogP contribution in [-0.2, 0) is 6.18 Å². The van der Waals surface area contributed by atoms with Gasteiger partial charge in [0.1, 0.15) is 5.76 Å². The minimum Gasteiger partial charge on any atom is -0.451 e. The molecule has 3 rings (SSSR count). The first kappa shape index (κ1) is 19.6. The van der Waals surface area contributed by atoms with E-state index in [2.05, 4.69) is 5.32 Å². The van der Waals surface area contributed by atoms with E-state index in [-0.39, 0.29) is 22.1 Å². The third-order valence-electron chi connectivity index (χ3n) is 3.57. The van der Waals surface area contributed by atoms with Gasteiger partial charge in [-0.3, -0.25) is 4.79 Å². The van der Waals surface area contributed by atoms with Gasteiger partial charge in [-0.25, -0.2) is 0 Å². The number of rotatable bonds is 3. The van der Waals surface area contributed by atoms with Gasteiger partial charge < -0.3 is 9.73 Å². The van der Waals surface area contributed by atoms with E-state index in [1.807, 2.05) is 0 Å². The van der Waals surface area contributed by atoms with Crippen molar-refractivity contribution in [2.75, 3.05) is 5.32 Å². The zero-order valence-corrected chi connectivity index (χ0v) is 15.5. The Labute approximate surface area is 166 Å². The minimum atomic E-state index is -4.61. The maximum absolute atomic E-state index is 13.0. The van der Waals surface area contributed by atoms with Crippen LogP contribution >= 0.6 is 34.8 Å². The molecule has 3 nitrogen and oxygen atoms in total. The third kappa shape index (κ3) is 4.40. The standard InChI is InChI=1S/C18H9Cl3F3NO2/c19-10-2-4-14(13(21)8-10)25-17(26)16-6-5-15(27-16)9-1-3-12(20)11(7-9)18(22,23)24/h1-8H,(H,25,26). The Morgan fingerprint density at radius 3 is 2.33 bits per heavy atom. The highest BCUT2D eigenvalue weighted by Gasteiger charge is 2.33. The van der Waals surface area contributed by atoms with Gasteiger partial charge in [0.25, 0.3) is 5.91 Å². The summed E-state index contributed by atoms with van der Waals surface area (Å²) in [4.78, 5) is 12.3. The molecule has 0 aliphatic carbocycles. The quantitative estimate of drug-likeness (QED) is 0.474. The lowest BCUT2D eigenvalue weighted by Gasteiger charge is -2.10. The number of halogens is 6. The molecular weight excluding hydrogens is 426 g/mol. The topological polar surface area (TPSA) is 42.2 Å². The number of hydrogen-bond donors (Lipinski definition) is 1. The van der Waals surface area contributed by atoms with E-state index >= 15 is 0 Å². The van der Waals surface area contributed by atoms with Gasteiger partial charge in [-0.05, 0) is 48.5 Å². The number of anilines is 1. The zero-order valence-electron chi connectivity index (χ0n) is 13.2. The van der Waals surface area contributed by atoms with Gasteiger partial charge in [0.2, 0.25) is 0 Å². The third-order valence-corrected chi connectivity index (χ3v) is 4.44. The molecule has 0 aliphatic rings. The highest BCUT2D eigenvalue weighted by Crippen LogP contribution is 2.37. The van der Waals surface area contributed by atoms with Crippen LogP contribution in [-0.4, -0.2) is 5.91 Å². The summed E-state index contributed by atoms with van der Waals surface area (Å²) in [5.41, 5.74) is -0.540. The summed E-state index contributed by atoms with van der Waals surface area (Å²) in [6.45, 7) is 0. The number of alkyl halides is 3. The predicted molar refractivity (Wildman–Crippen MR) is 98.6 cm³/mol. The number of hydrogen-bond acceptors (Lipinski definition) is 2. The number of carbonyl (C=O) groups is 1. The summed E-state index contributed by atoms with van der Waals surface area (Å²) in [7, 11) is 0. The van der Waals surface area contributed by atoms with Crippen molar-refractivity contribution < 1.29 is 22.4 Å². The molecule has 140 valence electrons. The second-order valence-electron chi connectivity index (χ2n) is 5.43. The summed E-state index contributed by atoms with van der Waals surface area (Å²) >= 11 is 17.4. The Balaban J connectivity index is 1.85. The molecule has 1 N–H and O–H groups in total. The Kier molecular flexibility index (Phi) is 5.42. The van der Waals surface area contributed by atoms with Gasteiger partial charge in [-0.2, -0.15) is 13.2 Å².